The van der Waals surface area contributed by atoms with Crippen molar-refractivity contribution in [1.29, 1.82) is 0 Å². The molecule has 3 heterocycles. The van der Waals surface area contributed by atoms with Crippen LogP contribution in [0.15, 0.2) is 64.2 Å². The van der Waals surface area contributed by atoms with Gasteiger partial charge in [-0.15, -0.1) is 11.3 Å². The van der Waals surface area contributed by atoms with Crippen LogP contribution in [0.1, 0.15) is 4.88 Å². The molecule has 3 aromatic heterocycles. The number of thiophene rings is 1. The van der Waals surface area contributed by atoms with E-state index in [4.69, 9.17) is 15.0 Å². The molecule has 0 atom stereocenters. The maximum absolute atomic E-state index is 14.9. The number of hydrogen-bond acceptors (Lipinski definition) is 8. The van der Waals surface area contributed by atoms with Gasteiger partial charge in [-0.05, 0) is 48.0 Å². The number of hydrogen-bond donors (Lipinski definition) is 1. The Labute approximate surface area is 201 Å². The Bertz CT molecular complexity index is 1600. The second-order valence-corrected chi connectivity index (χ2v) is 8.56. The highest BCUT2D eigenvalue weighted by Crippen LogP contribution is 2.42. The number of fused-ring (bicyclic) bond motifs is 1. The molecule has 0 unspecified atom stereocenters. The summed E-state index contributed by atoms with van der Waals surface area (Å²) in [4.78, 5) is 9.10. The average molecular weight is 493 g/mol. The smallest absolute Gasteiger partial charge is 0.320 e. The molecule has 0 aliphatic rings. The van der Waals surface area contributed by atoms with E-state index in [2.05, 4.69) is 15.2 Å². The van der Waals surface area contributed by atoms with Gasteiger partial charge in [-0.2, -0.15) is 0 Å². The van der Waals surface area contributed by atoms with Gasteiger partial charge in [0.2, 0.25) is 0 Å². The summed E-state index contributed by atoms with van der Waals surface area (Å²) in [7, 11) is 3.18. The number of aliphatic imine (C=N–C) groups is 1. The molecular formula is C24H17F2N5O3S. The van der Waals surface area contributed by atoms with E-state index in [1.54, 1.807) is 44.5 Å². The lowest BCUT2D eigenvalue weighted by molar-refractivity contribution is -0.739. The van der Waals surface area contributed by atoms with Crippen LogP contribution in [-0.4, -0.2) is 23.3 Å². The van der Waals surface area contributed by atoms with Crippen LogP contribution in [0.25, 0.3) is 32.6 Å². The monoisotopic (exact) mass is 493 g/mol. The molecule has 0 saturated carbocycles. The number of anilines is 1. The number of benzene rings is 2. The Balaban J connectivity index is 1.74. The first kappa shape index (κ1) is 22.4. The Hall–Kier alpha value is -4.38. The molecule has 35 heavy (non-hydrogen) atoms. The Kier molecular flexibility index (Phi) is 5.61. The number of aromatic nitrogens is 3. The average Bonchev–Trinajstić information content (AvgIpc) is 3.41. The number of nitrogens with zero attached hydrogens (tertiary/aromatic N) is 4. The van der Waals surface area contributed by atoms with Crippen molar-refractivity contribution in [3.63, 3.8) is 0 Å². The van der Waals surface area contributed by atoms with Gasteiger partial charge in [0, 0.05) is 28.5 Å². The van der Waals surface area contributed by atoms with E-state index in [9.17, 15) is 13.9 Å². The fourth-order valence-corrected chi connectivity index (χ4v) is 4.63. The third-order valence-corrected chi connectivity index (χ3v) is 6.36. The van der Waals surface area contributed by atoms with Crippen molar-refractivity contribution in [1.82, 2.24) is 10.3 Å². The highest BCUT2D eigenvalue weighted by atomic mass is 32.1. The summed E-state index contributed by atoms with van der Waals surface area (Å²) in [5.74, 6) is -1.46. The SMILES string of the molecule is COc1ccc(-c2cc(-c3ccc(F)cc3F)c3c(N)c(/C([O-])=N/c4c[n+](C)no4)sc3n2)cc1. The van der Waals surface area contributed by atoms with Gasteiger partial charge in [-0.25, -0.2) is 18.8 Å². The molecule has 0 aliphatic carbocycles. The van der Waals surface area contributed by atoms with Gasteiger partial charge in [0.25, 0.3) is 6.20 Å². The number of aryl methyl sites for hydroxylation is 1. The van der Waals surface area contributed by atoms with Crippen molar-refractivity contribution in [2.75, 3.05) is 12.8 Å². The van der Waals surface area contributed by atoms with Crippen LogP contribution < -0.4 is 20.3 Å². The molecule has 2 aromatic carbocycles. The van der Waals surface area contributed by atoms with E-state index in [1.807, 2.05) is 0 Å². The van der Waals surface area contributed by atoms with Crippen molar-refractivity contribution in [2.45, 2.75) is 0 Å². The maximum atomic E-state index is 14.9. The van der Waals surface area contributed by atoms with Crippen molar-refractivity contribution in [3.05, 3.63) is 71.2 Å². The third kappa shape index (κ3) is 4.17. The minimum atomic E-state index is -0.768. The molecule has 2 N–H and O–H groups in total. The van der Waals surface area contributed by atoms with Gasteiger partial charge >= 0.3 is 5.88 Å². The molecule has 8 nitrogen and oxygen atoms in total. The number of rotatable bonds is 5. The van der Waals surface area contributed by atoms with E-state index < -0.39 is 17.5 Å². The van der Waals surface area contributed by atoms with E-state index in [-0.39, 0.29) is 22.0 Å². The number of methoxy groups -OCH3 is 1. The molecule has 176 valence electrons. The normalized spacial score (nSPS) is 11.8. The van der Waals surface area contributed by atoms with Crippen LogP contribution in [0.2, 0.25) is 0 Å². The van der Waals surface area contributed by atoms with E-state index in [0.717, 1.165) is 29.0 Å². The predicted molar refractivity (Wildman–Crippen MR) is 125 cm³/mol. The van der Waals surface area contributed by atoms with Crippen LogP contribution >= 0.6 is 11.3 Å². The van der Waals surface area contributed by atoms with E-state index in [1.165, 1.54) is 16.9 Å². The van der Waals surface area contributed by atoms with Gasteiger partial charge < -0.3 is 15.6 Å². The lowest BCUT2D eigenvalue weighted by Crippen LogP contribution is -2.27. The highest BCUT2D eigenvalue weighted by molar-refractivity contribution is 7.21. The first-order chi connectivity index (χ1) is 16.8. The number of nitrogen functional groups attached to an aromatic ring is 1. The zero-order chi connectivity index (χ0) is 24.7. The second-order valence-electron chi connectivity index (χ2n) is 7.56. The second kappa shape index (κ2) is 8.76. The largest absolute Gasteiger partial charge is 0.857 e. The van der Waals surface area contributed by atoms with Gasteiger partial charge in [-0.3, -0.25) is 4.52 Å². The van der Waals surface area contributed by atoms with Crippen LogP contribution in [0.3, 0.4) is 0 Å². The van der Waals surface area contributed by atoms with Crippen LogP contribution in [-0.2, 0) is 7.05 Å². The molecule has 0 fully saturated rings. The summed E-state index contributed by atoms with van der Waals surface area (Å²) in [6.45, 7) is 0. The van der Waals surface area contributed by atoms with E-state index >= 15 is 0 Å². The lowest BCUT2D eigenvalue weighted by Gasteiger charge is -2.11. The molecule has 5 rings (SSSR count). The van der Waals surface area contributed by atoms with Crippen LogP contribution in [0.5, 0.6) is 5.75 Å². The summed E-state index contributed by atoms with van der Waals surface area (Å²) in [6.07, 6.45) is 1.43. The quantitative estimate of drug-likeness (QED) is 0.227. The molecule has 0 radical (unpaired) electrons. The molecule has 0 spiro atoms. The molecule has 0 amide bonds. The predicted octanol–water partition coefficient (Wildman–Crippen LogP) is 3.75. The topological polar surface area (TPSA) is 113 Å². The minimum absolute atomic E-state index is 0.00559. The van der Waals surface area contributed by atoms with Crippen LogP contribution in [0.4, 0.5) is 20.4 Å². The van der Waals surface area contributed by atoms with Crippen LogP contribution in [0, 0.1) is 11.6 Å². The summed E-state index contributed by atoms with van der Waals surface area (Å²) >= 11 is 1.02. The summed E-state index contributed by atoms with van der Waals surface area (Å²) in [5.41, 5.74) is 8.20. The maximum Gasteiger partial charge on any atom is 0.320 e. The lowest BCUT2D eigenvalue weighted by atomic mass is 9.99. The number of nitrogens with two attached hydrogens (primary N) is 1. The van der Waals surface area contributed by atoms with Crippen molar-refractivity contribution in [2.24, 2.45) is 12.0 Å². The molecule has 0 saturated heterocycles. The van der Waals surface area contributed by atoms with Gasteiger partial charge in [0.05, 0.1) is 23.4 Å². The van der Waals surface area contributed by atoms with Gasteiger partial charge in [0.1, 0.15) is 22.2 Å². The first-order valence-corrected chi connectivity index (χ1v) is 11.1. The third-order valence-electron chi connectivity index (χ3n) is 5.27. The molecule has 11 heteroatoms. The van der Waals surface area contributed by atoms with Gasteiger partial charge in [-0.1, -0.05) is 4.68 Å². The highest BCUT2D eigenvalue weighted by Gasteiger charge is 2.20. The Morgan fingerprint density at radius 3 is 2.57 bits per heavy atom. The number of halogens is 2. The number of ether oxygens (including phenoxy) is 1. The molecule has 0 bridgehead atoms. The van der Waals surface area contributed by atoms with Crippen molar-refractivity contribution < 1.29 is 27.8 Å². The fraction of sp³-hybridized carbons (Fsp3) is 0.0833. The van der Waals surface area contributed by atoms with Gasteiger partial charge in [0.15, 0.2) is 12.3 Å². The summed E-state index contributed by atoms with van der Waals surface area (Å²) < 4.78 is 40.0. The zero-order valence-corrected chi connectivity index (χ0v) is 19.3. The molecular weight excluding hydrogens is 476 g/mol. The summed E-state index contributed by atoms with van der Waals surface area (Å²) in [5, 5.41) is 16.9. The summed E-state index contributed by atoms with van der Waals surface area (Å²) in [6, 6.07) is 12.1. The van der Waals surface area contributed by atoms with Crippen molar-refractivity contribution >= 4 is 39.0 Å². The first-order valence-electron chi connectivity index (χ1n) is 10.3. The Morgan fingerprint density at radius 2 is 1.91 bits per heavy atom. The Morgan fingerprint density at radius 1 is 1.14 bits per heavy atom. The number of pyridine rings is 1. The van der Waals surface area contributed by atoms with Crippen molar-refractivity contribution in [3.8, 4) is 28.1 Å². The fourth-order valence-electron chi connectivity index (χ4n) is 3.62. The standard InChI is InChI=1S/C24H17F2N5O3S/c1-31-11-19(34-30-31)29-23(32)22-21(27)20-16(15-8-5-13(25)9-17(15)26)10-18(28-24(20)35-22)12-3-6-14(33-2)7-4-12/h3-11H,1-2H3,(H2-,27,29,30,32). The minimum Gasteiger partial charge on any atom is -0.857 e. The zero-order valence-electron chi connectivity index (χ0n) is 18.5. The molecule has 5 aromatic rings. The molecule has 0 aliphatic heterocycles. The van der Waals surface area contributed by atoms with E-state index in [0.29, 0.717) is 27.2 Å².